The van der Waals surface area contributed by atoms with Gasteiger partial charge in [0.05, 0.1) is 5.92 Å². The number of piperidine rings is 1. The van der Waals surface area contributed by atoms with E-state index in [1.165, 1.54) is 17.0 Å². The molecule has 9 nitrogen and oxygen atoms in total. The molecule has 0 saturated carbocycles. The standard InChI is InChI=1S/C32H29F2N3O6/c1-18-8-9-24(32(40)41)25(14-18)43-30-27(34)28(37-12-10-20(11-13-37)31(38)39)26(33)29(36-30)42-23-7-3-6-22(16-23)21-5-2-4-19(15-21)17-35/h2-9,14-16,20H,10-13,17,35H2,1H3,(H,38,39)(H,40,41). The number of hydrogen-bond acceptors (Lipinski definition) is 7. The number of rotatable bonds is 9. The molecule has 0 unspecified atom stereocenters. The van der Waals surface area contributed by atoms with Gasteiger partial charge in [0.25, 0.3) is 11.8 Å². The maximum absolute atomic E-state index is 16.0. The van der Waals surface area contributed by atoms with Crippen molar-refractivity contribution in [3.05, 3.63) is 95.1 Å². The highest BCUT2D eigenvalue weighted by Crippen LogP contribution is 2.40. The molecular formula is C32H29F2N3O6. The van der Waals surface area contributed by atoms with E-state index in [0.717, 1.165) is 16.7 Å². The molecule has 1 saturated heterocycles. The summed E-state index contributed by atoms with van der Waals surface area (Å²) in [4.78, 5) is 28.7. The molecule has 1 aromatic heterocycles. The van der Waals surface area contributed by atoms with Gasteiger partial charge in [0.1, 0.15) is 22.7 Å². The Labute approximate surface area is 246 Å². The van der Waals surface area contributed by atoms with Gasteiger partial charge in [-0.1, -0.05) is 36.4 Å². The van der Waals surface area contributed by atoms with Crippen LogP contribution in [-0.2, 0) is 11.3 Å². The van der Waals surface area contributed by atoms with Crippen molar-refractivity contribution in [3.8, 4) is 34.4 Å². The van der Waals surface area contributed by atoms with Crippen LogP contribution >= 0.6 is 0 Å². The molecule has 1 fully saturated rings. The molecule has 5 rings (SSSR count). The van der Waals surface area contributed by atoms with Gasteiger partial charge < -0.3 is 30.3 Å². The summed E-state index contributed by atoms with van der Waals surface area (Å²) in [5.41, 5.74) is 8.21. The normalized spacial score (nSPS) is 13.5. The number of hydrogen-bond donors (Lipinski definition) is 3. The summed E-state index contributed by atoms with van der Waals surface area (Å²) in [6.45, 7) is 2.18. The van der Waals surface area contributed by atoms with Gasteiger partial charge in [0.15, 0.2) is 0 Å². The van der Waals surface area contributed by atoms with Crippen LogP contribution in [0.25, 0.3) is 11.1 Å². The molecule has 4 N–H and O–H groups in total. The highest BCUT2D eigenvalue weighted by molar-refractivity contribution is 5.91. The first-order chi connectivity index (χ1) is 20.6. The van der Waals surface area contributed by atoms with Crippen LogP contribution in [-0.4, -0.2) is 40.2 Å². The lowest BCUT2D eigenvalue weighted by atomic mass is 9.97. The summed E-state index contributed by atoms with van der Waals surface area (Å²) >= 11 is 0. The molecule has 11 heteroatoms. The van der Waals surface area contributed by atoms with Gasteiger partial charge in [0.2, 0.25) is 11.6 Å². The first-order valence-electron chi connectivity index (χ1n) is 13.6. The Balaban J connectivity index is 1.56. The van der Waals surface area contributed by atoms with Gasteiger partial charge >= 0.3 is 11.9 Å². The Hall–Kier alpha value is -5.03. The van der Waals surface area contributed by atoms with Crippen molar-refractivity contribution in [1.29, 1.82) is 0 Å². The average Bonchev–Trinajstić information content (AvgIpc) is 3.00. The fourth-order valence-corrected chi connectivity index (χ4v) is 4.98. The van der Waals surface area contributed by atoms with E-state index in [-0.39, 0.29) is 43.0 Å². The molecular weight excluding hydrogens is 560 g/mol. The number of aliphatic carboxylic acids is 1. The number of aromatic nitrogens is 1. The second-order valence-corrected chi connectivity index (χ2v) is 10.2. The van der Waals surface area contributed by atoms with Gasteiger partial charge in [-0.05, 0) is 72.4 Å². The molecule has 43 heavy (non-hydrogen) atoms. The van der Waals surface area contributed by atoms with Crippen molar-refractivity contribution in [2.24, 2.45) is 11.7 Å². The van der Waals surface area contributed by atoms with E-state index in [0.29, 0.717) is 12.1 Å². The van der Waals surface area contributed by atoms with Crippen molar-refractivity contribution in [3.63, 3.8) is 0 Å². The van der Waals surface area contributed by atoms with Gasteiger partial charge in [-0.3, -0.25) is 4.79 Å². The Morgan fingerprint density at radius 2 is 1.58 bits per heavy atom. The van der Waals surface area contributed by atoms with Crippen LogP contribution in [0.2, 0.25) is 0 Å². The van der Waals surface area contributed by atoms with E-state index in [1.807, 2.05) is 30.3 Å². The molecule has 1 aliphatic heterocycles. The molecule has 3 aromatic carbocycles. The lowest BCUT2D eigenvalue weighted by Gasteiger charge is -2.32. The Bertz CT molecular complexity index is 1690. The number of carboxylic acid groups (broad SMARTS) is 2. The SMILES string of the molecule is Cc1ccc(C(=O)O)c(Oc2nc(Oc3cccc(-c4cccc(CN)c4)c3)c(F)c(N3CCC(C(=O)O)CC3)c2F)c1. The van der Waals surface area contributed by atoms with Gasteiger partial charge in [-0.2, -0.15) is 13.8 Å². The van der Waals surface area contributed by atoms with Crippen LogP contribution in [0.3, 0.4) is 0 Å². The largest absolute Gasteiger partial charge is 0.481 e. The molecule has 1 aliphatic rings. The van der Waals surface area contributed by atoms with Crippen molar-refractivity contribution in [2.75, 3.05) is 18.0 Å². The third-order valence-electron chi connectivity index (χ3n) is 7.27. The Morgan fingerprint density at radius 3 is 2.23 bits per heavy atom. The number of halogens is 2. The number of pyridine rings is 1. The maximum atomic E-state index is 16.0. The number of ether oxygens (including phenoxy) is 2. The minimum Gasteiger partial charge on any atom is -0.481 e. The topological polar surface area (TPSA) is 135 Å². The molecule has 0 amide bonds. The van der Waals surface area contributed by atoms with Crippen LogP contribution in [0.15, 0.2) is 66.7 Å². The van der Waals surface area contributed by atoms with Crippen LogP contribution in [0.1, 0.15) is 34.3 Å². The lowest BCUT2D eigenvalue weighted by molar-refractivity contribution is -0.142. The Kier molecular flexibility index (Phi) is 8.53. The average molecular weight is 590 g/mol. The predicted octanol–water partition coefficient (Wildman–Crippen LogP) is 6.38. The molecule has 0 atom stereocenters. The summed E-state index contributed by atoms with van der Waals surface area (Å²) < 4.78 is 43.5. The number of aromatic carboxylic acids is 1. The monoisotopic (exact) mass is 589 g/mol. The summed E-state index contributed by atoms with van der Waals surface area (Å²) in [5.74, 6) is -6.44. The highest BCUT2D eigenvalue weighted by atomic mass is 19.1. The van der Waals surface area contributed by atoms with Crippen LogP contribution < -0.4 is 20.1 Å². The first kappa shape index (κ1) is 29.5. The number of anilines is 1. The molecule has 0 aliphatic carbocycles. The van der Waals surface area contributed by atoms with Gasteiger partial charge in [-0.15, -0.1) is 0 Å². The molecule has 2 heterocycles. The number of nitrogens with two attached hydrogens (primary N) is 1. The maximum Gasteiger partial charge on any atom is 0.339 e. The molecule has 4 aromatic rings. The zero-order chi connectivity index (χ0) is 30.7. The van der Waals surface area contributed by atoms with Crippen molar-refractivity contribution in [1.82, 2.24) is 4.98 Å². The fraction of sp³-hybridized carbons (Fsp3) is 0.219. The van der Waals surface area contributed by atoms with Crippen molar-refractivity contribution < 1.29 is 38.1 Å². The van der Waals surface area contributed by atoms with E-state index in [9.17, 15) is 19.8 Å². The molecule has 0 bridgehead atoms. The molecule has 222 valence electrons. The summed E-state index contributed by atoms with van der Waals surface area (Å²) in [6, 6.07) is 18.7. The van der Waals surface area contributed by atoms with Crippen LogP contribution in [0.4, 0.5) is 14.5 Å². The van der Waals surface area contributed by atoms with E-state index < -0.39 is 46.9 Å². The number of aryl methyl sites for hydroxylation is 1. The summed E-state index contributed by atoms with van der Waals surface area (Å²) in [5, 5.41) is 19.0. The molecule has 0 radical (unpaired) electrons. The highest BCUT2D eigenvalue weighted by Gasteiger charge is 2.32. The summed E-state index contributed by atoms with van der Waals surface area (Å²) in [6.07, 6.45) is 0.349. The van der Waals surface area contributed by atoms with Gasteiger partial charge in [0, 0.05) is 19.6 Å². The second kappa shape index (κ2) is 12.5. The summed E-state index contributed by atoms with van der Waals surface area (Å²) in [7, 11) is 0. The predicted molar refractivity (Wildman–Crippen MR) is 155 cm³/mol. The number of nitrogens with zero attached hydrogens (tertiary/aromatic N) is 2. The Morgan fingerprint density at radius 1 is 0.930 bits per heavy atom. The zero-order valence-electron chi connectivity index (χ0n) is 23.2. The van der Waals surface area contributed by atoms with E-state index in [4.69, 9.17) is 15.2 Å². The minimum atomic E-state index is -1.31. The second-order valence-electron chi connectivity index (χ2n) is 10.2. The van der Waals surface area contributed by atoms with Crippen molar-refractivity contribution >= 4 is 17.6 Å². The zero-order valence-corrected chi connectivity index (χ0v) is 23.2. The van der Waals surface area contributed by atoms with Gasteiger partial charge in [-0.25, -0.2) is 4.79 Å². The third-order valence-corrected chi connectivity index (χ3v) is 7.27. The smallest absolute Gasteiger partial charge is 0.339 e. The van der Waals surface area contributed by atoms with Crippen LogP contribution in [0.5, 0.6) is 23.3 Å². The number of carboxylic acids is 2. The molecule has 0 spiro atoms. The number of carbonyl (C=O) groups is 2. The third kappa shape index (κ3) is 6.41. The fourth-order valence-electron chi connectivity index (χ4n) is 4.98. The lowest BCUT2D eigenvalue weighted by Crippen LogP contribution is -2.37. The van der Waals surface area contributed by atoms with E-state index in [2.05, 4.69) is 4.98 Å². The van der Waals surface area contributed by atoms with E-state index in [1.54, 1.807) is 31.2 Å². The first-order valence-corrected chi connectivity index (χ1v) is 13.6. The van der Waals surface area contributed by atoms with E-state index >= 15 is 8.78 Å². The quantitative estimate of drug-likeness (QED) is 0.203. The van der Waals surface area contributed by atoms with Crippen LogP contribution in [0, 0.1) is 24.5 Å². The minimum absolute atomic E-state index is 0.0610. The van der Waals surface area contributed by atoms with Crippen molar-refractivity contribution in [2.45, 2.75) is 26.3 Å². The number of benzene rings is 3.